The standard InChI is InChI=1S/C5H10O4/c6-2-4-9-3-1-5(7)8/h6H,1-4H2,(H,7,8). The summed E-state index contributed by atoms with van der Waals surface area (Å²) in [6, 6.07) is 0. The zero-order valence-corrected chi connectivity index (χ0v) is 5.04. The molecule has 4 heteroatoms. The van der Waals surface area contributed by atoms with E-state index in [4.69, 9.17) is 10.2 Å². The van der Waals surface area contributed by atoms with Crippen molar-refractivity contribution in [2.24, 2.45) is 0 Å². The number of carbonyl (C=O) groups is 1. The van der Waals surface area contributed by atoms with E-state index in [1.54, 1.807) is 0 Å². The van der Waals surface area contributed by atoms with E-state index in [-0.39, 0.29) is 26.2 Å². The van der Waals surface area contributed by atoms with Crippen LogP contribution in [0, 0.1) is 0 Å². The van der Waals surface area contributed by atoms with Crippen molar-refractivity contribution in [3.8, 4) is 0 Å². The van der Waals surface area contributed by atoms with Crippen LogP contribution in [-0.4, -0.2) is 36.0 Å². The Morgan fingerprint density at radius 3 is 2.56 bits per heavy atom. The van der Waals surface area contributed by atoms with Crippen molar-refractivity contribution in [3.63, 3.8) is 0 Å². The third-order valence-electron chi connectivity index (χ3n) is 0.696. The molecule has 0 atom stereocenters. The van der Waals surface area contributed by atoms with Gasteiger partial charge in [0.1, 0.15) is 0 Å². The number of rotatable bonds is 5. The highest BCUT2D eigenvalue weighted by Crippen LogP contribution is 1.80. The van der Waals surface area contributed by atoms with Gasteiger partial charge in [-0.25, -0.2) is 0 Å². The third-order valence-corrected chi connectivity index (χ3v) is 0.696. The first-order chi connectivity index (χ1) is 4.27. The Kier molecular flexibility index (Phi) is 5.15. The number of aliphatic hydroxyl groups excluding tert-OH is 1. The summed E-state index contributed by atoms with van der Waals surface area (Å²) in [7, 11) is 0. The summed E-state index contributed by atoms with van der Waals surface area (Å²) in [5.74, 6) is -0.882. The summed E-state index contributed by atoms with van der Waals surface area (Å²) in [5, 5.41) is 16.2. The van der Waals surface area contributed by atoms with E-state index >= 15 is 0 Å². The normalized spacial score (nSPS) is 9.44. The molecule has 0 aromatic rings. The van der Waals surface area contributed by atoms with Crippen molar-refractivity contribution in [1.82, 2.24) is 0 Å². The first-order valence-corrected chi connectivity index (χ1v) is 2.67. The maximum Gasteiger partial charge on any atom is 0.305 e. The van der Waals surface area contributed by atoms with Crippen LogP contribution in [0.3, 0.4) is 0 Å². The minimum Gasteiger partial charge on any atom is -0.481 e. The second-order valence-electron chi connectivity index (χ2n) is 1.48. The third kappa shape index (κ3) is 7.39. The molecule has 0 rings (SSSR count). The highest BCUT2D eigenvalue weighted by molar-refractivity contribution is 5.66. The fraction of sp³-hybridized carbons (Fsp3) is 0.800. The van der Waals surface area contributed by atoms with E-state index in [1.165, 1.54) is 0 Å². The van der Waals surface area contributed by atoms with Gasteiger partial charge < -0.3 is 14.9 Å². The van der Waals surface area contributed by atoms with E-state index in [1.807, 2.05) is 0 Å². The van der Waals surface area contributed by atoms with Crippen LogP contribution in [0.4, 0.5) is 0 Å². The molecule has 0 aromatic heterocycles. The minimum atomic E-state index is -0.882. The zero-order valence-electron chi connectivity index (χ0n) is 5.04. The molecule has 0 radical (unpaired) electrons. The van der Waals surface area contributed by atoms with E-state index < -0.39 is 5.97 Å². The molecule has 0 aliphatic heterocycles. The SMILES string of the molecule is O=C(O)CCOCCO. The molecule has 0 heterocycles. The van der Waals surface area contributed by atoms with Crippen LogP contribution in [0.15, 0.2) is 0 Å². The number of hydrogen-bond donors (Lipinski definition) is 2. The van der Waals surface area contributed by atoms with Gasteiger partial charge in [0, 0.05) is 0 Å². The molecular formula is C5H10O4. The van der Waals surface area contributed by atoms with Crippen LogP contribution in [0.2, 0.25) is 0 Å². The fourth-order valence-electron chi connectivity index (χ4n) is 0.326. The molecule has 0 bridgehead atoms. The Bertz CT molecular complexity index is 81.0. The molecule has 0 spiro atoms. The summed E-state index contributed by atoms with van der Waals surface area (Å²) in [4.78, 5) is 9.82. The smallest absolute Gasteiger partial charge is 0.305 e. The van der Waals surface area contributed by atoms with Gasteiger partial charge in [-0.3, -0.25) is 4.79 Å². The van der Waals surface area contributed by atoms with Crippen LogP contribution in [0.1, 0.15) is 6.42 Å². The maximum absolute atomic E-state index is 9.82. The largest absolute Gasteiger partial charge is 0.481 e. The highest BCUT2D eigenvalue weighted by atomic mass is 16.5. The van der Waals surface area contributed by atoms with E-state index in [0.29, 0.717) is 0 Å². The van der Waals surface area contributed by atoms with Gasteiger partial charge in [-0.15, -0.1) is 0 Å². The van der Waals surface area contributed by atoms with Gasteiger partial charge in [0.05, 0.1) is 26.2 Å². The van der Waals surface area contributed by atoms with Crippen LogP contribution < -0.4 is 0 Å². The van der Waals surface area contributed by atoms with Crippen LogP contribution in [0.25, 0.3) is 0 Å². The van der Waals surface area contributed by atoms with Crippen molar-refractivity contribution in [2.45, 2.75) is 6.42 Å². The van der Waals surface area contributed by atoms with Gasteiger partial charge >= 0.3 is 5.97 Å². The predicted molar refractivity (Wildman–Crippen MR) is 30.2 cm³/mol. The van der Waals surface area contributed by atoms with Crippen molar-refractivity contribution in [1.29, 1.82) is 0 Å². The summed E-state index contributed by atoms with van der Waals surface area (Å²) < 4.78 is 4.66. The van der Waals surface area contributed by atoms with Crippen molar-refractivity contribution >= 4 is 5.97 Å². The molecule has 54 valence electrons. The lowest BCUT2D eigenvalue weighted by Gasteiger charge is -1.96. The Labute approximate surface area is 53.1 Å². The average molecular weight is 134 g/mol. The number of ether oxygens (including phenoxy) is 1. The van der Waals surface area contributed by atoms with E-state index in [9.17, 15) is 4.79 Å². The highest BCUT2D eigenvalue weighted by Gasteiger charge is 1.94. The minimum absolute atomic E-state index is 0. The van der Waals surface area contributed by atoms with Gasteiger partial charge in [0.15, 0.2) is 0 Å². The van der Waals surface area contributed by atoms with Crippen LogP contribution in [0.5, 0.6) is 0 Å². The molecule has 0 saturated carbocycles. The molecule has 0 unspecified atom stereocenters. The Hall–Kier alpha value is -0.610. The topological polar surface area (TPSA) is 66.8 Å². The number of aliphatic carboxylic acids is 1. The lowest BCUT2D eigenvalue weighted by molar-refractivity contribution is -0.138. The van der Waals surface area contributed by atoms with Gasteiger partial charge in [-0.2, -0.15) is 0 Å². The van der Waals surface area contributed by atoms with Gasteiger partial charge in [0.25, 0.3) is 0 Å². The summed E-state index contributed by atoms with van der Waals surface area (Å²) >= 11 is 0. The van der Waals surface area contributed by atoms with Gasteiger partial charge in [-0.1, -0.05) is 0 Å². The number of hydrogen-bond acceptors (Lipinski definition) is 3. The van der Waals surface area contributed by atoms with Crippen molar-refractivity contribution in [2.75, 3.05) is 19.8 Å². The van der Waals surface area contributed by atoms with E-state index in [0.717, 1.165) is 0 Å². The molecular weight excluding hydrogens is 124 g/mol. The number of aliphatic hydroxyl groups is 1. The first-order valence-electron chi connectivity index (χ1n) is 2.67. The molecule has 0 fully saturated rings. The van der Waals surface area contributed by atoms with Crippen LogP contribution in [-0.2, 0) is 9.53 Å². The Morgan fingerprint density at radius 1 is 1.44 bits per heavy atom. The molecule has 0 aliphatic carbocycles. The second kappa shape index (κ2) is 5.53. The number of carboxylic acids is 1. The predicted octanol–water partition coefficient (Wildman–Crippen LogP) is -0.530. The monoisotopic (exact) mass is 134 g/mol. The van der Waals surface area contributed by atoms with Crippen LogP contribution >= 0.6 is 0 Å². The quantitative estimate of drug-likeness (QED) is 0.496. The lowest BCUT2D eigenvalue weighted by atomic mass is 10.5. The first kappa shape index (κ1) is 8.39. The lowest BCUT2D eigenvalue weighted by Crippen LogP contribution is -2.05. The molecule has 0 aromatic carbocycles. The van der Waals surface area contributed by atoms with Crippen molar-refractivity contribution < 1.29 is 19.7 Å². The van der Waals surface area contributed by atoms with Crippen molar-refractivity contribution in [3.05, 3.63) is 0 Å². The molecule has 0 aliphatic rings. The average Bonchev–Trinajstić information content (AvgIpc) is 1.80. The summed E-state index contributed by atoms with van der Waals surface area (Å²) in [6.07, 6.45) is 0. The molecule has 9 heavy (non-hydrogen) atoms. The number of carboxylic acid groups (broad SMARTS) is 1. The molecule has 2 N–H and O–H groups in total. The molecule has 0 saturated heterocycles. The van der Waals surface area contributed by atoms with Gasteiger partial charge in [-0.05, 0) is 0 Å². The van der Waals surface area contributed by atoms with E-state index in [2.05, 4.69) is 4.74 Å². The summed E-state index contributed by atoms with van der Waals surface area (Å²) in [6.45, 7) is 0.336. The molecule has 4 nitrogen and oxygen atoms in total. The Balaban J connectivity index is 2.83. The summed E-state index contributed by atoms with van der Waals surface area (Å²) in [5.41, 5.74) is 0. The molecule has 0 amide bonds. The zero-order chi connectivity index (χ0) is 7.11. The fourth-order valence-corrected chi connectivity index (χ4v) is 0.326. The maximum atomic E-state index is 9.82. The van der Waals surface area contributed by atoms with Gasteiger partial charge in [0.2, 0.25) is 0 Å². The second-order valence-corrected chi connectivity index (χ2v) is 1.48. The Morgan fingerprint density at radius 2 is 2.11 bits per heavy atom.